The van der Waals surface area contributed by atoms with E-state index in [-0.39, 0.29) is 0 Å². The SMILES string of the molecule is Cc1ccc(-c2cnc(N3CCCCC3)nc2)cc1. The van der Waals surface area contributed by atoms with E-state index in [1.165, 1.54) is 30.4 Å². The number of rotatable bonds is 2. The summed E-state index contributed by atoms with van der Waals surface area (Å²) in [4.78, 5) is 11.3. The van der Waals surface area contributed by atoms with Gasteiger partial charge in [0.05, 0.1) is 0 Å². The van der Waals surface area contributed by atoms with Gasteiger partial charge in [-0.3, -0.25) is 0 Å². The zero-order chi connectivity index (χ0) is 13.1. The Morgan fingerprint density at radius 1 is 0.842 bits per heavy atom. The molecule has 1 aliphatic heterocycles. The summed E-state index contributed by atoms with van der Waals surface area (Å²) < 4.78 is 0. The molecule has 3 nitrogen and oxygen atoms in total. The summed E-state index contributed by atoms with van der Waals surface area (Å²) in [5.74, 6) is 0.871. The number of hydrogen-bond donors (Lipinski definition) is 0. The summed E-state index contributed by atoms with van der Waals surface area (Å²) in [7, 11) is 0. The van der Waals surface area contributed by atoms with Gasteiger partial charge >= 0.3 is 0 Å². The summed E-state index contributed by atoms with van der Waals surface area (Å²) in [6, 6.07) is 8.48. The Balaban J connectivity index is 1.80. The van der Waals surface area contributed by atoms with Crippen LogP contribution in [0.15, 0.2) is 36.7 Å². The van der Waals surface area contributed by atoms with E-state index in [4.69, 9.17) is 0 Å². The minimum Gasteiger partial charge on any atom is -0.341 e. The Morgan fingerprint density at radius 3 is 2.11 bits per heavy atom. The number of benzene rings is 1. The zero-order valence-electron chi connectivity index (χ0n) is 11.3. The molecule has 0 N–H and O–H groups in total. The van der Waals surface area contributed by atoms with Crippen molar-refractivity contribution in [3.05, 3.63) is 42.2 Å². The minimum absolute atomic E-state index is 0.871. The third-order valence-corrected chi connectivity index (χ3v) is 3.66. The average Bonchev–Trinajstić information content (AvgIpc) is 2.49. The smallest absolute Gasteiger partial charge is 0.225 e. The van der Waals surface area contributed by atoms with Crippen molar-refractivity contribution in [3.8, 4) is 11.1 Å². The van der Waals surface area contributed by atoms with E-state index in [0.717, 1.165) is 24.6 Å². The van der Waals surface area contributed by atoms with E-state index in [1.807, 2.05) is 12.4 Å². The first-order chi connectivity index (χ1) is 9.33. The van der Waals surface area contributed by atoms with Crippen LogP contribution in [0.5, 0.6) is 0 Å². The maximum atomic E-state index is 4.52. The van der Waals surface area contributed by atoms with Crippen molar-refractivity contribution >= 4 is 5.95 Å². The van der Waals surface area contributed by atoms with Crippen molar-refractivity contribution in [1.82, 2.24) is 9.97 Å². The maximum Gasteiger partial charge on any atom is 0.225 e. The molecule has 2 aromatic rings. The van der Waals surface area contributed by atoms with Crippen molar-refractivity contribution in [1.29, 1.82) is 0 Å². The molecule has 1 aliphatic rings. The van der Waals surface area contributed by atoms with Crippen molar-refractivity contribution in [2.75, 3.05) is 18.0 Å². The number of nitrogens with zero attached hydrogens (tertiary/aromatic N) is 3. The van der Waals surface area contributed by atoms with Gasteiger partial charge < -0.3 is 4.90 Å². The maximum absolute atomic E-state index is 4.52. The van der Waals surface area contributed by atoms with Crippen LogP contribution in [0.2, 0.25) is 0 Å². The fraction of sp³-hybridized carbons (Fsp3) is 0.375. The molecule has 0 saturated carbocycles. The quantitative estimate of drug-likeness (QED) is 0.821. The lowest BCUT2D eigenvalue weighted by molar-refractivity contribution is 0.568. The average molecular weight is 253 g/mol. The largest absolute Gasteiger partial charge is 0.341 e. The van der Waals surface area contributed by atoms with Crippen molar-refractivity contribution < 1.29 is 0 Å². The first kappa shape index (κ1) is 12.2. The predicted molar refractivity (Wildman–Crippen MR) is 78.3 cm³/mol. The van der Waals surface area contributed by atoms with Crippen LogP contribution in [0.3, 0.4) is 0 Å². The van der Waals surface area contributed by atoms with E-state index in [0.29, 0.717) is 0 Å². The first-order valence-corrected chi connectivity index (χ1v) is 6.97. The summed E-state index contributed by atoms with van der Waals surface area (Å²) >= 11 is 0. The normalized spacial score (nSPS) is 15.5. The van der Waals surface area contributed by atoms with Gasteiger partial charge in [0.1, 0.15) is 0 Å². The highest BCUT2D eigenvalue weighted by atomic mass is 15.2. The van der Waals surface area contributed by atoms with Crippen molar-refractivity contribution in [2.45, 2.75) is 26.2 Å². The van der Waals surface area contributed by atoms with Gasteiger partial charge in [-0.25, -0.2) is 9.97 Å². The molecule has 1 saturated heterocycles. The summed E-state index contributed by atoms with van der Waals surface area (Å²) in [5.41, 5.74) is 3.53. The highest BCUT2D eigenvalue weighted by Gasteiger charge is 2.13. The number of hydrogen-bond acceptors (Lipinski definition) is 3. The highest BCUT2D eigenvalue weighted by Crippen LogP contribution is 2.20. The van der Waals surface area contributed by atoms with Gasteiger partial charge in [0.15, 0.2) is 0 Å². The number of piperidine rings is 1. The summed E-state index contributed by atoms with van der Waals surface area (Å²) in [6.45, 7) is 4.27. The molecule has 0 atom stereocenters. The van der Waals surface area contributed by atoms with Gasteiger partial charge in [-0.05, 0) is 31.7 Å². The molecule has 1 aromatic heterocycles. The molecule has 0 amide bonds. The monoisotopic (exact) mass is 253 g/mol. The minimum atomic E-state index is 0.871. The van der Waals surface area contributed by atoms with Crippen molar-refractivity contribution in [2.24, 2.45) is 0 Å². The lowest BCUT2D eigenvalue weighted by atomic mass is 10.1. The number of anilines is 1. The standard InChI is InChI=1S/C16H19N3/c1-13-5-7-14(8-6-13)15-11-17-16(18-12-15)19-9-3-2-4-10-19/h5-8,11-12H,2-4,9-10H2,1H3. The molecule has 1 fully saturated rings. The Hall–Kier alpha value is -1.90. The topological polar surface area (TPSA) is 29.0 Å². The Kier molecular flexibility index (Phi) is 3.45. The molecular weight excluding hydrogens is 234 g/mol. The summed E-state index contributed by atoms with van der Waals surface area (Å²) in [5, 5.41) is 0. The van der Waals surface area contributed by atoms with Gasteiger partial charge in [-0.15, -0.1) is 0 Å². The molecule has 3 rings (SSSR count). The van der Waals surface area contributed by atoms with E-state index in [9.17, 15) is 0 Å². The molecule has 0 aliphatic carbocycles. The van der Waals surface area contributed by atoms with Crippen LogP contribution in [0, 0.1) is 6.92 Å². The molecule has 0 spiro atoms. The van der Waals surface area contributed by atoms with E-state index < -0.39 is 0 Å². The Labute approximate surface area is 114 Å². The fourth-order valence-electron chi connectivity index (χ4n) is 2.47. The molecule has 0 bridgehead atoms. The number of aryl methyl sites for hydroxylation is 1. The summed E-state index contributed by atoms with van der Waals surface area (Å²) in [6.07, 6.45) is 7.70. The van der Waals surface area contributed by atoms with Gasteiger partial charge in [0.2, 0.25) is 5.95 Å². The Morgan fingerprint density at radius 2 is 1.47 bits per heavy atom. The highest BCUT2D eigenvalue weighted by molar-refractivity contribution is 5.62. The predicted octanol–water partition coefficient (Wildman–Crippen LogP) is 3.44. The lowest BCUT2D eigenvalue weighted by Gasteiger charge is -2.26. The molecule has 2 heterocycles. The van der Waals surface area contributed by atoms with Crippen LogP contribution >= 0.6 is 0 Å². The second kappa shape index (κ2) is 5.39. The van der Waals surface area contributed by atoms with Gasteiger partial charge in [-0.1, -0.05) is 29.8 Å². The molecule has 0 radical (unpaired) electrons. The van der Waals surface area contributed by atoms with Crippen LogP contribution in [0.1, 0.15) is 24.8 Å². The van der Waals surface area contributed by atoms with Gasteiger partial charge in [-0.2, -0.15) is 0 Å². The zero-order valence-corrected chi connectivity index (χ0v) is 11.3. The first-order valence-electron chi connectivity index (χ1n) is 6.97. The molecule has 3 heteroatoms. The molecule has 0 unspecified atom stereocenters. The van der Waals surface area contributed by atoms with Crippen LogP contribution in [-0.4, -0.2) is 23.1 Å². The van der Waals surface area contributed by atoms with Crippen molar-refractivity contribution in [3.63, 3.8) is 0 Å². The molecule has 19 heavy (non-hydrogen) atoms. The van der Waals surface area contributed by atoms with E-state index in [2.05, 4.69) is 46.1 Å². The molecule has 98 valence electrons. The third kappa shape index (κ3) is 2.75. The third-order valence-electron chi connectivity index (χ3n) is 3.66. The van der Waals surface area contributed by atoms with Crippen LogP contribution in [0.25, 0.3) is 11.1 Å². The van der Waals surface area contributed by atoms with Crippen LogP contribution < -0.4 is 4.90 Å². The van der Waals surface area contributed by atoms with Crippen LogP contribution in [0.4, 0.5) is 5.95 Å². The van der Waals surface area contributed by atoms with Gasteiger partial charge in [0.25, 0.3) is 0 Å². The lowest BCUT2D eigenvalue weighted by Crippen LogP contribution is -2.30. The Bertz CT molecular complexity index is 525. The molecular formula is C16H19N3. The van der Waals surface area contributed by atoms with Crippen LogP contribution in [-0.2, 0) is 0 Å². The van der Waals surface area contributed by atoms with Gasteiger partial charge in [0, 0.05) is 31.0 Å². The second-order valence-electron chi connectivity index (χ2n) is 5.19. The molecule has 1 aromatic carbocycles. The second-order valence-corrected chi connectivity index (χ2v) is 5.19. The van der Waals surface area contributed by atoms with E-state index >= 15 is 0 Å². The number of aromatic nitrogens is 2. The fourth-order valence-corrected chi connectivity index (χ4v) is 2.47. The van der Waals surface area contributed by atoms with E-state index in [1.54, 1.807) is 0 Å².